The molecule has 0 aromatic heterocycles. The summed E-state index contributed by atoms with van der Waals surface area (Å²) >= 11 is 17.8. The molecule has 2 aromatic rings. The first-order chi connectivity index (χ1) is 12.6. The van der Waals surface area contributed by atoms with Crippen LogP contribution in [-0.4, -0.2) is 34.2 Å². The van der Waals surface area contributed by atoms with Crippen LogP contribution in [0.15, 0.2) is 46.2 Å². The van der Waals surface area contributed by atoms with Crippen LogP contribution in [0.2, 0.25) is 15.1 Å². The minimum atomic E-state index is -3.99. The van der Waals surface area contributed by atoms with Gasteiger partial charge in [0.05, 0.1) is 25.7 Å². The number of nitrogens with one attached hydrogen (secondary N) is 1. The van der Waals surface area contributed by atoms with E-state index in [9.17, 15) is 16.8 Å². The zero-order chi connectivity index (χ0) is 19.8. The van der Waals surface area contributed by atoms with E-state index in [0.717, 1.165) is 12.8 Å². The van der Waals surface area contributed by atoms with E-state index < -0.39 is 20.0 Å². The maximum Gasteiger partial charge on any atom is 0.261 e. The molecule has 1 N–H and O–H groups in total. The molecule has 6 nitrogen and oxygen atoms in total. The van der Waals surface area contributed by atoms with Crippen LogP contribution in [0.4, 0.5) is 5.69 Å². The van der Waals surface area contributed by atoms with Gasteiger partial charge in [0.2, 0.25) is 10.0 Å². The molecular formula is C16H15Cl3N2O4S2. The number of rotatable bonds is 5. The molecule has 0 bridgehead atoms. The van der Waals surface area contributed by atoms with Crippen LogP contribution in [-0.2, 0) is 20.0 Å². The van der Waals surface area contributed by atoms with Crippen molar-refractivity contribution < 1.29 is 16.8 Å². The molecule has 11 heteroatoms. The van der Waals surface area contributed by atoms with Gasteiger partial charge in [0.1, 0.15) is 4.90 Å². The minimum Gasteiger partial charge on any atom is -0.280 e. The molecule has 1 aliphatic rings. The number of benzene rings is 2. The molecule has 0 saturated carbocycles. The number of hydrogen-bond donors (Lipinski definition) is 1. The van der Waals surface area contributed by atoms with Crippen molar-refractivity contribution in [3.05, 3.63) is 51.5 Å². The van der Waals surface area contributed by atoms with Crippen LogP contribution in [0, 0.1) is 0 Å². The van der Waals surface area contributed by atoms with E-state index in [1.165, 1.54) is 40.7 Å². The number of sulfonamides is 2. The number of hydrogen-bond acceptors (Lipinski definition) is 4. The van der Waals surface area contributed by atoms with E-state index >= 15 is 0 Å². The molecule has 0 atom stereocenters. The van der Waals surface area contributed by atoms with E-state index in [0.29, 0.717) is 13.1 Å². The molecule has 1 fully saturated rings. The SMILES string of the molecule is O=S(=O)(Nc1ccc(Cl)c(S(=O)(=O)N2CCCC2)c1)c1ccc(Cl)c(Cl)c1. The van der Waals surface area contributed by atoms with Gasteiger partial charge in [-0.3, -0.25) is 4.72 Å². The first kappa shape index (κ1) is 20.7. The van der Waals surface area contributed by atoms with Crippen LogP contribution >= 0.6 is 34.8 Å². The van der Waals surface area contributed by atoms with Crippen molar-refractivity contribution >= 4 is 60.5 Å². The Morgan fingerprint density at radius 2 is 1.44 bits per heavy atom. The highest BCUT2D eigenvalue weighted by Gasteiger charge is 2.29. The highest BCUT2D eigenvalue weighted by molar-refractivity contribution is 7.92. The molecule has 1 saturated heterocycles. The second-order valence-corrected chi connectivity index (χ2v) is 10.7. The third kappa shape index (κ3) is 4.36. The first-order valence-corrected chi connectivity index (χ1v) is 11.9. The molecule has 0 unspecified atom stereocenters. The van der Waals surface area contributed by atoms with Crippen molar-refractivity contribution in [3.63, 3.8) is 0 Å². The van der Waals surface area contributed by atoms with Crippen molar-refractivity contribution in [2.75, 3.05) is 17.8 Å². The Morgan fingerprint density at radius 3 is 2.07 bits per heavy atom. The van der Waals surface area contributed by atoms with Gasteiger partial charge in [0.25, 0.3) is 10.0 Å². The smallest absolute Gasteiger partial charge is 0.261 e. The summed E-state index contributed by atoms with van der Waals surface area (Å²) in [5.74, 6) is 0. The van der Waals surface area contributed by atoms with Gasteiger partial charge in [0, 0.05) is 13.1 Å². The highest BCUT2D eigenvalue weighted by atomic mass is 35.5. The molecular weight excluding hydrogens is 455 g/mol. The van der Waals surface area contributed by atoms with E-state index in [2.05, 4.69) is 4.72 Å². The number of halogens is 3. The van der Waals surface area contributed by atoms with Crippen LogP contribution in [0.25, 0.3) is 0 Å². The monoisotopic (exact) mass is 468 g/mol. The predicted octanol–water partition coefficient (Wildman–Crippen LogP) is 4.23. The molecule has 0 amide bonds. The lowest BCUT2D eigenvalue weighted by Gasteiger charge is -2.17. The van der Waals surface area contributed by atoms with Crippen molar-refractivity contribution in [2.24, 2.45) is 0 Å². The Labute approximate surface area is 173 Å². The molecule has 0 spiro atoms. The fourth-order valence-corrected chi connectivity index (χ4v) is 6.15. The van der Waals surface area contributed by atoms with Crippen LogP contribution in [0.3, 0.4) is 0 Å². The van der Waals surface area contributed by atoms with E-state index in [1.54, 1.807) is 0 Å². The van der Waals surface area contributed by atoms with Gasteiger partial charge in [-0.1, -0.05) is 34.8 Å². The Balaban J connectivity index is 1.95. The fraction of sp³-hybridized carbons (Fsp3) is 0.250. The maximum atomic E-state index is 12.8. The molecule has 27 heavy (non-hydrogen) atoms. The third-order valence-electron chi connectivity index (χ3n) is 4.07. The molecule has 2 aromatic carbocycles. The zero-order valence-electron chi connectivity index (χ0n) is 13.8. The lowest BCUT2D eigenvalue weighted by molar-refractivity contribution is 0.477. The number of nitrogens with zero attached hydrogens (tertiary/aromatic N) is 1. The van der Waals surface area contributed by atoms with Gasteiger partial charge in [-0.05, 0) is 49.2 Å². The summed E-state index contributed by atoms with van der Waals surface area (Å²) in [6, 6.07) is 7.82. The van der Waals surface area contributed by atoms with Crippen LogP contribution < -0.4 is 4.72 Å². The molecule has 3 rings (SSSR count). The highest BCUT2D eigenvalue weighted by Crippen LogP contribution is 2.31. The van der Waals surface area contributed by atoms with E-state index in [4.69, 9.17) is 34.8 Å². The van der Waals surface area contributed by atoms with Crippen molar-refractivity contribution in [2.45, 2.75) is 22.6 Å². The summed E-state index contributed by atoms with van der Waals surface area (Å²) in [7, 11) is -7.79. The molecule has 0 aliphatic carbocycles. The summed E-state index contributed by atoms with van der Waals surface area (Å²) in [6.07, 6.45) is 1.56. The fourth-order valence-electron chi connectivity index (χ4n) is 2.69. The second kappa shape index (κ2) is 7.77. The van der Waals surface area contributed by atoms with Crippen molar-refractivity contribution in [1.29, 1.82) is 0 Å². The summed E-state index contributed by atoms with van der Waals surface area (Å²) in [6.45, 7) is 0.829. The van der Waals surface area contributed by atoms with Crippen molar-refractivity contribution in [3.8, 4) is 0 Å². The van der Waals surface area contributed by atoms with Gasteiger partial charge >= 0.3 is 0 Å². The molecule has 146 valence electrons. The zero-order valence-corrected chi connectivity index (χ0v) is 17.7. The van der Waals surface area contributed by atoms with Crippen molar-refractivity contribution in [1.82, 2.24) is 4.31 Å². The van der Waals surface area contributed by atoms with Crippen LogP contribution in [0.1, 0.15) is 12.8 Å². The lowest BCUT2D eigenvalue weighted by Crippen LogP contribution is -2.28. The quantitative estimate of drug-likeness (QED) is 0.710. The minimum absolute atomic E-state index is 0.0272. The average molecular weight is 470 g/mol. The second-order valence-electron chi connectivity index (χ2n) is 5.94. The van der Waals surface area contributed by atoms with Gasteiger partial charge in [-0.15, -0.1) is 0 Å². The van der Waals surface area contributed by atoms with E-state index in [1.807, 2.05) is 0 Å². The van der Waals surface area contributed by atoms with Gasteiger partial charge in [-0.25, -0.2) is 16.8 Å². The maximum absolute atomic E-state index is 12.8. The topological polar surface area (TPSA) is 83.5 Å². The number of anilines is 1. The van der Waals surface area contributed by atoms with Gasteiger partial charge in [0.15, 0.2) is 0 Å². The Hall–Kier alpha value is -1.03. The molecule has 1 aliphatic heterocycles. The Bertz CT molecular complexity index is 1080. The molecule has 0 radical (unpaired) electrons. The summed E-state index contributed by atoms with van der Waals surface area (Å²) < 4.78 is 54.3. The average Bonchev–Trinajstić information content (AvgIpc) is 3.14. The van der Waals surface area contributed by atoms with E-state index in [-0.39, 0.29) is 30.5 Å². The largest absolute Gasteiger partial charge is 0.280 e. The predicted molar refractivity (Wildman–Crippen MR) is 107 cm³/mol. The summed E-state index contributed by atoms with van der Waals surface area (Å²) in [4.78, 5) is -0.240. The third-order valence-corrected chi connectivity index (χ3v) is 8.57. The van der Waals surface area contributed by atoms with Crippen LogP contribution in [0.5, 0.6) is 0 Å². The first-order valence-electron chi connectivity index (χ1n) is 7.89. The Morgan fingerprint density at radius 1 is 0.815 bits per heavy atom. The van der Waals surface area contributed by atoms with Gasteiger partial charge < -0.3 is 0 Å². The Kier molecular flexibility index (Phi) is 5.96. The van der Waals surface area contributed by atoms with Gasteiger partial charge in [-0.2, -0.15) is 4.31 Å². The lowest BCUT2D eigenvalue weighted by atomic mass is 10.3. The standard InChI is InChI=1S/C16H15Cl3N2O4S2/c17-13-6-4-12(10-15(13)19)26(22,23)20-11-3-5-14(18)16(9-11)27(24,25)21-7-1-2-8-21/h3-6,9-10,20H,1-2,7-8H2. The summed E-state index contributed by atoms with van der Waals surface area (Å²) in [5, 5.41) is 0.341. The molecule has 1 heterocycles. The summed E-state index contributed by atoms with van der Waals surface area (Å²) in [5.41, 5.74) is 0.0724. The normalized spacial score (nSPS) is 15.8.